The number of hydrogen-bond donors (Lipinski definition) is 1. The number of aryl methyl sites for hydroxylation is 2. The van der Waals surface area contributed by atoms with E-state index in [1.165, 1.54) is 6.26 Å². The monoisotopic (exact) mass is 313 g/mol. The highest BCUT2D eigenvalue weighted by Gasteiger charge is 2.14. The topological polar surface area (TPSA) is 72.0 Å². The maximum Gasteiger partial charge on any atom is 0.154 e. The van der Waals surface area contributed by atoms with Gasteiger partial charge in [0.1, 0.15) is 11.6 Å². The quantitative estimate of drug-likeness (QED) is 0.741. The van der Waals surface area contributed by atoms with Crippen LogP contribution in [0.3, 0.4) is 0 Å². The molecule has 1 heterocycles. The number of rotatable bonds is 8. The van der Waals surface area contributed by atoms with E-state index in [2.05, 4.69) is 29.1 Å². The van der Waals surface area contributed by atoms with Gasteiger partial charge >= 0.3 is 0 Å². The minimum absolute atomic E-state index is 0.0947. The Morgan fingerprint density at radius 1 is 1.19 bits per heavy atom. The first-order valence-electron chi connectivity index (χ1n) is 7.44. The lowest BCUT2D eigenvalue weighted by Gasteiger charge is -2.16. The highest BCUT2D eigenvalue weighted by atomic mass is 32.2. The standard InChI is InChI=1S/C15H27N3O2S/c1-6-7-16-9-11(2)8-14-12(3)17-15(18-13(14)4)10-21(5,19)20/h11,16H,6-10H2,1-5H3. The Bertz CT molecular complexity index is 547. The van der Waals surface area contributed by atoms with Gasteiger partial charge in [0.2, 0.25) is 0 Å². The summed E-state index contributed by atoms with van der Waals surface area (Å²) < 4.78 is 22.7. The van der Waals surface area contributed by atoms with Crippen LogP contribution in [0.25, 0.3) is 0 Å². The van der Waals surface area contributed by atoms with Gasteiger partial charge in [-0.2, -0.15) is 0 Å². The summed E-state index contributed by atoms with van der Waals surface area (Å²) in [5.74, 6) is 0.800. The highest BCUT2D eigenvalue weighted by molar-refractivity contribution is 7.89. The molecule has 0 saturated carbocycles. The van der Waals surface area contributed by atoms with E-state index in [-0.39, 0.29) is 5.75 Å². The summed E-state index contributed by atoms with van der Waals surface area (Å²) in [6.45, 7) is 10.2. The zero-order valence-electron chi connectivity index (χ0n) is 13.7. The van der Waals surface area contributed by atoms with Crippen LogP contribution in [-0.4, -0.2) is 37.7 Å². The third-order valence-corrected chi connectivity index (χ3v) is 4.11. The summed E-state index contributed by atoms with van der Waals surface area (Å²) in [5.41, 5.74) is 2.92. The van der Waals surface area contributed by atoms with Gasteiger partial charge in [0.25, 0.3) is 0 Å². The van der Waals surface area contributed by atoms with Gasteiger partial charge in [-0.1, -0.05) is 13.8 Å². The van der Waals surface area contributed by atoms with E-state index >= 15 is 0 Å². The molecular formula is C15H27N3O2S. The molecule has 0 aromatic carbocycles. The Kier molecular flexibility index (Phi) is 6.74. The average Bonchev–Trinajstić information content (AvgIpc) is 2.32. The van der Waals surface area contributed by atoms with Crippen molar-refractivity contribution in [1.29, 1.82) is 0 Å². The molecule has 0 radical (unpaired) electrons. The van der Waals surface area contributed by atoms with Crippen molar-refractivity contribution in [3.8, 4) is 0 Å². The van der Waals surface area contributed by atoms with E-state index in [0.29, 0.717) is 11.7 Å². The van der Waals surface area contributed by atoms with Crippen LogP contribution in [0.1, 0.15) is 43.0 Å². The molecule has 6 heteroatoms. The smallest absolute Gasteiger partial charge is 0.154 e. The lowest BCUT2D eigenvalue weighted by Crippen LogP contribution is -2.24. The highest BCUT2D eigenvalue weighted by Crippen LogP contribution is 2.16. The third kappa shape index (κ3) is 6.52. The van der Waals surface area contributed by atoms with Crippen LogP contribution in [0.5, 0.6) is 0 Å². The Morgan fingerprint density at radius 2 is 1.76 bits per heavy atom. The van der Waals surface area contributed by atoms with Crippen molar-refractivity contribution in [2.45, 2.75) is 46.3 Å². The van der Waals surface area contributed by atoms with E-state index in [1.807, 2.05) is 13.8 Å². The first kappa shape index (κ1) is 18.0. The van der Waals surface area contributed by atoms with Gasteiger partial charge in [-0.25, -0.2) is 18.4 Å². The SMILES string of the molecule is CCCNCC(C)Cc1c(C)nc(CS(C)(=O)=O)nc1C. The molecule has 5 nitrogen and oxygen atoms in total. The lowest BCUT2D eigenvalue weighted by atomic mass is 9.98. The normalized spacial score (nSPS) is 13.4. The predicted molar refractivity (Wildman–Crippen MR) is 86.1 cm³/mol. The van der Waals surface area contributed by atoms with Crippen molar-refractivity contribution in [2.75, 3.05) is 19.3 Å². The zero-order valence-corrected chi connectivity index (χ0v) is 14.5. The molecule has 0 fully saturated rings. The summed E-state index contributed by atoms with van der Waals surface area (Å²) in [7, 11) is -3.10. The number of nitrogens with one attached hydrogen (secondary N) is 1. The Balaban J connectivity index is 2.80. The molecule has 0 spiro atoms. The second-order valence-electron chi connectivity index (χ2n) is 5.87. The van der Waals surface area contributed by atoms with Crippen molar-refractivity contribution in [3.05, 3.63) is 22.8 Å². The molecule has 0 bridgehead atoms. The molecule has 21 heavy (non-hydrogen) atoms. The third-order valence-electron chi connectivity index (χ3n) is 3.33. The van der Waals surface area contributed by atoms with E-state index in [0.717, 1.165) is 42.9 Å². The zero-order chi connectivity index (χ0) is 16.0. The second kappa shape index (κ2) is 7.84. The molecule has 0 aliphatic heterocycles. The molecular weight excluding hydrogens is 286 g/mol. The van der Waals surface area contributed by atoms with Crippen LogP contribution in [-0.2, 0) is 22.0 Å². The molecule has 120 valence electrons. The number of sulfone groups is 1. The summed E-state index contributed by atoms with van der Waals surface area (Å²) in [6, 6.07) is 0. The van der Waals surface area contributed by atoms with Crippen molar-refractivity contribution < 1.29 is 8.42 Å². The first-order valence-corrected chi connectivity index (χ1v) is 9.50. The van der Waals surface area contributed by atoms with Crippen LogP contribution in [0.4, 0.5) is 0 Å². The molecule has 0 amide bonds. The first-order chi connectivity index (χ1) is 9.73. The fraction of sp³-hybridized carbons (Fsp3) is 0.733. The van der Waals surface area contributed by atoms with Crippen LogP contribution in [0, 0.1) is 19.8 Å². The van der Waals surface area contributed by atoms with Gasteiger partial charge in [-0.05, 0) is 51.3 Å². The van der Waals surface area contributed by atoms with Gasteiger partial charge in [0.05, 0.1) is 0 Å². The lowest BCUT2D eigenvalue weighted by molar-refractivity contribution is 0.507. The van der Waals surface area contributed by atoms with Crippen molar-refractivity contribution in [3.63, 3.8) is 0 Å². The van der Waals surface area contributed by atoms with Gasteiger partial charge in [-0.3, -0.25) is 0 Å². The molecule has 1 N–H and O–H groups in total. The van der Waals surface area contributed by atoms with Gasteiger partial charge in [0.15, 0.2) is 9.84 Å². The predicted octanol–water partition coefficient (Wildman–Crippen LogP) is 1.82. The molecule has 1 aromatic heterocycles. The molecule has 1 rings (SSSR count). The molecule has 1 atom stereocenters. The summed E-state index contributed by atoms with van der Waals surface area (Å²) in [6.07, 6.45) is 3.25. The number of hydrogen-bond acceptors (Lipinski definition) is 5. The van der Waals surface area contributed by atoms with Gasteiger partial charge in [0, 0.05) is 17.6 Å². The Morgan fingerprint density at radius 3 is 2.24 bits per heavy atom. The van der Waals surface area contributed by atoms with Crippen LogP contribution < -0.4 is 5.32 Å². The second-order valence-corrected chi connectivity index (χ2v) is 8.01. The van der Waals surface area contributed by atoms with Crippen LogP contribution in [0.15, 0.2) is 0 Å². The van der Waals surface area contributed by atoms with Gasteiger partial charge in [-0.15, -0.1) is 0 Å². The Hall–Kier alpha value is -1.01. The van der Waals surface area contributed by atoms with Crippen LogP contribution in [0.2, 0.25) is 0 Å². The molecule has 0 aliphatic carbocycles. The number of aromatic nitrogens is 2. The maximum absolute atomic E-state index is 11.3. The van der Waals surface area contributed by atoms with Crippen molar-refractivity contribution >= 4 is 9.84 Å². The average molecular weight is 313 g/mol. The van der Waals surface area contributed by atoms with E-state index < -0.39 is 9.84 Å². The van der Waals surface area contributed by atoms with Gasteiger partial charge < -0.3 is 5.32 Å². The fourth-order valence-corrected chi connectivity index (χ4v) is 2.95. The summed E-state index contributed by atoms with van der Waals surface area (Å²) in [5, 5.41) is 3.42. The number of nitrogens with zero attached hydrogens (tertiary/aromatic N) is 2. The Labute approximate surface area is 128 Å². The minimum atomic E-state index is -3.10. The molecule has 1 unspecified atom stereocenters. The van der Waals surface area contributed by atoms with E-state index in [4.69, 9.17) is 0 Å². The molecule has 1 aromatic rings. The van der Waals surface area contributed by atoms with Crippen LogP contribution >= 0.6 is 0 Å². The van der Waals surface area contributed by atoms with Crippen molar-refractivity contribution in [2.24, 2.45) is 5.92 Å². The molecule has 0 aliphatic rings. The van der Waals surface area contributed by atoms with E-state index in [9.17, 15) is 8.42 Å². The van der Waals surface area contributed by atoms with E-state index in [1.54, 1.807) is 0 Å². The molecule has 0 saturated heterocycles. The summed E-state index contributed by atoms with van der Waals surface area (Å²) in [4.78, 5) is 8.72. The minimum Gasteiger partial charge on any atom is -0.316 e. The van der Waals surface area contributed by atoms with Crippen molar-refractivity contribution in [1.82, 2.24) is 15.3 Å². The summed E-state index contributed by atoms with van der Waals surface area (Å²) >= 11 is 0. The largest absolute Gasteiger partial charge is 0.316 e. The maximum atomic E-state index is 11.3. The fourth-order valence-electron chi connectivity index (χ4n) is 2.35.